The number of fused-ring (bicyclic) bond motifs is 1. The number of aromatic hydroxyl groups is 1. The summed E-state index contributed by atoms with van der Waals surface area (Å²) >= 11 is 0. The van der Waals surface area contributed by atoms with Crippen LogP contribution in [0.2, 0.25) is 0 Å². The van der Waals surface area contributed by atoms with Gasteiger partial charge in [-0.1, -0.05) is 0 Å². The van der Waals surface area contributed by atoms with E-state index in [0.717, 1.165) is 39.0 Å². The number of halogens is 3. The second-order valence-electron chi connectivity index (χ2n) is 7.93. The van der Waals surface area contributed by atoms with E-state index in [2.05, 4.69) is 15.3 Å². The van der Waals surface area contributed by atoms with Gasteiger partial charge in [-0.2, -0.15) is 13.2 Å². The SMILES string of the molecule is CN=CC(=CN)c1cnc2ccc(N(CCCNCC(F)(F)F)c3cc(C)cc(O)c3)cc2c1. The molecule has 3 aromatic rings. The number of pyridine rings is 1. The van der Waals surface area contributed by atoms with Crippen molar-refractivity contribution in [2.45, 2.75) is 19.5 Å². The summed E-state index contributed by atoms with van der Waals surface area (Å²) in [6.45, 7) is 1.50. The number of hydrogen-bond donors (Lipinski definition) is 3. The highest BCUT2D eigenvalue weighted by Gasteiger charge is 2.26. The predicted molar refractivity (Wildman–Crippen MR) is 132 cm³/mol. The van der Waals surface area contributed by atoms with E-state index in [0.29, 0.717) is 13.0 Å². The van der Waals surface area contributed by atoms with Crippen molar-refractivity contribution in [2.24, 2.45) is 10.7 Å². The van der Waals surface area contributed by atoms with Gasteiger partial charge in [0.15, 0.2) is 0 Å². The van der Waals surface area contributed by atoms with Gasteiger partial charge in [0.1, 0.15) is 5.75 Å². The van der Waals surface area contributed by atoms with Crippen LogP contribution in [-0.4, -0.2) is 49.2 Å². The molecule has 0 unspecified atom stereocenters. The number of phenolic OH excluding ortho intramolecular Hbond substituents is 1. The molecule has 0 saturated carbocycles. The molecule has 2 aromatic carbocycles. The van der Waals surface area contributed by atoms with Crippen LogP contribution < -0.4 is 16.0 Å². The number of nitrogens with one attached hydrogen (secondary N) is 1. The highest BCUT2D eigenvalue weighted by molar-refractivity contribution is 6.10. The van der Waals surface area contributed by atoms with Crippen molar-refractivity contribution in [3.63, 3.8) is 0 Å². The number of aryl methyl sites for hydroxylation is 1. The highest BCUT2D eigenvalue weighted by Crippen LogP contribution is 2.32. The van der Waals surface area contributed by atoms with E-state index in [1.54, 1.807) is 31.6 Å². The number of anilines is 2. The Morgan fingerprint density at radius 1 is 1.18 bits per heavy atom. The summed E-state index contributed by atoms with van der Waals surface area (Å²) in [6, 6.07) is 12.9. The van der Waals surface area contributed by atoms with Gasteiger partial charge in [0.25, 0.3) is 0 Å². The lowest BCUT2D eigenvalue weighted by Crippen LogP contribution is -2.31. The Morgan fingerprint density at radius 2 is 1.97 bits per heavy atom. The number of aromatic nitrogens is 1. The maximum atomic E-state index is 12.4. The van der Waals surface area contributed by atoms with Gasteiger partial charge in [-0.05, 0) is 61.9 Å². The lowest BCUT2D eigenvalue weighted by Gasteiger charge is -2.26. The Labute approximate surface area is 196 Å². The van der Waals surface area contributed by atoms with Gasteiger partial charge in [-0.3, -0.25) is 9.98 Å². The molecule has 0 atom stereocenters. The number of benzene rings is 2. The summed E-state index contributed by atoms with van der Waals surface area (Å²) in [4.78, 5) is 10.5. The maximum Gasteiger partial charge on any atom is 0.401 e. The van der Waals surface area contributed by atoms with Crippen molar-refractivity contribution in [2.75, 3.05) is 31.6 Å². The molecule has 3 rings (SSSR count). The molecule has 0 amide bonds. The van der Waals surface area contributed by atoms with Crippen LogP contribution in [0.3, 0.4) is 0 Å². The number of aliphatic imine (C=N–C) groups is 1. The van der Waals surface area contributed by atoms with Crippen LogP contribution in [0.4, 0.5) is 24.5 Å². The smallest absolute Gasteiger partial charge is 0.401 e. The monoisotopic (exact) mass is 471 g/mol. The quantitative estimate of drug-likeness (QED) is 0.304. The van der Waals surface area contributed by atoms with Crippen LogP contribution in [0, 0.1) is 6.92 Å². The third-order valence-corrected chi connectivity index (χ3v) is 5.18. The average molecular weight is 472 g/mol. The maximum absolute atomic E-state index is 12.4. The molecule has 1 aromatic heterocycles. The van der Waals surface area contributed by atoms with Crippen LogP contribution in [0.5, 0.6) is 5.75 Å². The summed E-state index contributed by atoms with van der Waals surface area (Å²) in [5.41, 5.74) is 10.5. The summed E-state index contributed by atoms with van der Waals surface area (Å²) in [6.07, 6.45) is 1.07. The highest BCUT2D eigenvalue weighted by atomic mass is 19.4. The molecule has 0 fully saturated rings. The van der Waals surface area contributed by atoms with Gasteiger partial charge >= 0.3 is 6.18 Å². The Hall–Kier alpha value is -3.59. The van der Waals surface area contributed by atoms with Gasteiger partial charge in [0, 0.05) is 66.2 Å². The molecule has 6 nitrogen and oxygen atoms in total. The van der Waals surface area contributed by atoms with E-state index in [9.17, 15) is 18.3 Å². The molecule has 0 aliphatic carbocycles. The molecule has 4 N–H and O–H groups in total. The molecule has 9 heteroatoms. The number of alkyl halides is 3. The van der Waals surface area contributed by atoms with Crippen molar-refractivity contribution in [1.82, 2.24) is 10.3 Å². The Kier molecular flexibility index (Phi) is 8.12. The molecule has 0 saturated heterocycles. The summed E-state index contributed by atoms with van der Waals surface area (Å²) < 4.78 is 37.3. The first-order chi connectivity index (χ1) is 16.2. The van der Waals surface area contributed by atoms with Crippen molar-refractivity contribution in [3.8, 4) is 5.75 Å². The molecule has 0 radical (unpaired) electrons. The molecule has 1 heterocycles. The van der Waals surface area contributed by atoms with Crippen LogP contribution >= 0.6 is 0 Å². The lowest BCUT2D eigenvalue weighted by molar-refractivity contribution is -0.124. The van der Waals surface area contributed by atoms with E-state index < -0.39 is 12.7 Å². The molecule has 0 aliphatic rings. The summed E-state index contributed by atoms with van der Waals surface area (Å²) in [5.74, 6) is 0.122. The average Bonchev–Trinajstić information content (AvgIpc) is 2.77. The van der Waals surface area contributed by atoms with Gasteiger partial charge in [0.2, 0.25) is 0 Å². The van der Waals surface area contributed by atoms with Gasteiger partial charge in [-0.25, -0.2) is 0 Å². The van der Waals surface area contributed by atoms with E-state index in [-0.39, 0.29) is 12.3 Å². The molecular weight excluding hydrogens is 443 g/mol. The lowest BCUT2D eigenvalue weighted by atomic mass is 10.1. The van der Waals surface area contributed by atoms with E-state index in [4.69, 9.17) is 5.73 Å². The molecular formula is C25H28F3N5O. The number of nitrogens with two attached hydrogens (primary N) is 1. The molecule has 34 heavy (non-hydrogen) atoms. The minimum atomic E-state index is -4.25. The zero-order valence-electron chi connectivity index (χ0n) is 19.1. The fraction of sp³-hybridized carbons (Fsp3) is 0.280. The van der Waals surface area contributed by atoms with Crippen LogP contribution in [0.15, 0.2) is 59.9 Å². The van der Waals surface area contributed by atoms with Crippen molar-refractivity contribution in [3.05, 3.63) is 66.0 Å². The van der Waals surface area contributed by atoms with E-state index in [1.165, 1.54) is 6.20 Å². The number of hydrogen-bond acceptors (Lipinski definition) is 6. The van der Waals surface area contributed by atoms with E-state index >= 15 is 0 Å². The van der Waals surface area contributed by atoms with Gasteiger partial charge in [0.05, 0.1) is 12.1 Å². The van der Waals surface area contributed by atoms with Crippen molar-refractivity contribution in [1.29, 1.82) is 0 Å². The van der Waals surface area contributed by atoms with Crippen LogP contribution in [0.1, 0.15) is 17.5 Å². The summed E-state index contributed by atoms with van der Waals surface area (Å²) in [7, 11) is 1.66. The van der Waals surface area contributed by atoms with Gasteiger partial charge in [-0.15, -0.1) is 0 Å². The number of allylic oxidation sites excluding steroid dienone is 1. The first-order valence-corrected chi connectivity index (χ1v) is 10.8. The zero-order chi connectivity index (χ0) is 24.7. The standard InChI is InChI=1S/C25H28F3N5O/c1-17-8-22(12-23(34)9-17)33(7-3-6-31-16-25(26,27)28)21-4-5-24-18(11-21)10-19(15-32-24)20(13-29)14-30-2/h4-5,8-15,31,34H,3,6-7,16,29H2,1-2H3. The largest absolute Gasteiger partial charge is 0.508 e. The molecule has 0 bridgehead atoms. The Morgan fingerprint density at radius 3 is 2.65 bits per heavy atom. The second kappa shape index (κ2) is 11.0. The van der Waals surface area contributed by atoms with E-state index in [1.807, 2.05) is 42.2 Å². The second-order valence-corrected chi connectivity index (χ2v) is 7.93. The summed E-state index contributed by atoms with van der Waals surface area (Å²) in [5, 5.41) is 13.4. The molecule has 180 valence electrons. The molecule has 0 aliphatic heterocycles. The predicted octanol–water partition coefficient (Wildman–Crippen LogP) is 4.93. The number of phenols is 1. The normalized spacial score (nSPS) is 12.6. The first kappa shape index (κ1) is 25.0. The number of nitrogens with zero attached hydrogens (tertiary/aromatic N) is 3. The fourth-order valence-electron chi connectivity index (χ4n) is 3.70. The topological polar surface area (TPSA) is 86.8 Å². The third-order valence-electron chi connectivity index (χ3n) is 5.18. The minimum Gasteiger partial charge on any atom is -0.508 e. The zero-order valence-corrected chi connectivity index (χ0v) is 19.1. The van der Waals surface area contributed by atoms with Crippen molar-refractivity contribution >= 4 is 34.1 Å². The van der Waals surface area contributed by atoms with Crippen molar-refractivity contribution < 1.29 is 18.3 Å². The minimum absolute atomic E-state index is 0.122. The van der Waals surface area contributed by atoms with Crippen LogP contribution in [0.25, 0.3) is 16.5 Å². The molecule has 0 spiro atoms. The third kappa shape index (κ3) is 6.71. The first-order valence-electron chi connectivity index (χ1n) is 10.8. The van der Waals surface area contributed by atoms with Crippen LogP contribution in [-0.2, 0) is 0 Å². The Bertz CT molecular complexity index is 1170. The Balaban J connectivity index is 1.94. The number of rotatable bonds is 9. The van der Waals surface area contributed by atoms with Gasteiger partial charge < -0.3 is 21.1 Å². The fourth-order valence-corrected chi connectivity index (χ4v) is 3.70.